The first-order valence-electron chi connectivity index (χ1n) is 8.18. The topological polar surface area (TPSA) is 23.8 Å². The summed E-state index contributed by atoms with van der Waals surface area (Å²) in [5.74, 6) is 0.613. The van der Waals surface area contributed by atoms with Crippen molar-refractivity contribution in [1.29, 1.82) is 5.26 Å². The Kier molecular flexibility index (Phi) is 3.51. The van der Waals surface area contributed by atoms with Gasteiger partial charge >= 0.3 is 0 Å². The highest BCUT2D eigenvalue weighted by molar-refractivity contribution is 6.26. The highest BCUT2D eigenvalue weighted by atomic mass is 35.5. The van der Waals surface area contributed by atoms with Gasteiger partial charge in [-0.3, -0.25) is 0 Å². The fourth-order valence-corrected chi connectivity index (χ4v) is 4.78. The normalized spacial score (nSPS) is 28.6. The van der Waals surface area contributed by atoms with Crippen LogP contribution in [-0.4, -0.2) is 4.87 Å². The Morgan fingerprint density at radius 1 is 0.957 bits per heavy atom. The van der Waals surface area contributed by atoms with Gasteiger partial charge in [-0.05, 0) is 41.9 Å². The molecule has 3 unspecified atom stereocenters. The Morgan fingerprint density at radius 3 is 2.00 bits per heavy atom. The lowest BCUT2D eigenvalue weighted by Gasteiger charge is -2.23. The third kappa shape index (κ3) is 2.30. The summed E-state index contributed by atoms with van der Waals surface area (Å²) in [6, 6.07) is 23.4. The van der Waals surface area contributed by atoms with Gasteiger partial charge in [-0.2, -0.15) is 5.26 Å². The minimum atomic E-state index is -0.715. The summed E-state index contributed by atoms with van der Waals surface area (Å²) in [6.07, 6.45) is 2.97. The first-order valence-corrected chi connectivity index (χ1v) is 8.56. The van der Waals surface area contributed by atoms with E-state index in [2.05, 4.69) is 54.6 Å². The lowest BCUT2D eigenvalue weighted by atomic mass is 9.86. The molecule has 4 rings (SSSR count). The number of alkyl halides is 1. The highest BCUT2D eigenvalue weighted by Gasteiger charge is 2.54. The van der Waals surface area contributed by atoms with Crippen LogP contribution >= 0.6 is 11.6 Å². The van der Waals surface area contributed by atoms with Crippen LogP contribution in [0.4, 0.5) is 0 Å². The maximum atomic E-state index is 9.58. The number of fused-ring (bicyclic) bond motifs is 2. The van der Waals surface area contributed by atoms with E-state index in [1.54, 1.807) is 0 Å². The van der Waals surface area contributed by atoms with Gasteiger partial charge in [0, 0.05) is 5.92 Å². The second-order valence-electron chi connectivity index (χ2n) is 6.57. The number of benzene rings is 2. The second kappa shape index (κ2) is 5.55. The molecule has 2 aromatic rings. The van der Waals surface area contributed by atoms with Crippen LogP contribution in [0.15, 0.2) is 66.2 Å². The molecule has 2 aliphatic rings. The maximum absolute atomic E-state index is 9.58. The second-order valence-corrected chi connectivity index (χ2v) is 7.24. The number of rotatable bonds is 2. The summed E-state index contributed by atoms with van der Waals surface area (Å²) in [4.78, 5) is -0.715. The standard InChI is InChI=1S/C21H18ClN/c22-21(14-23)13-17-11-12-18(21)20(17)19(15-7-3-1-4-8-15)16-9-5-2-6-10-16/h1-10,17-18H,11-13H2. The number of hydrogen-bond acceptors (Lipinski definition) is 1. The Morgan fingerprint density at radius 2 is 1.52 bits per heavy atom. The van der Waals surface area contributed by atoms with Crippen LogP contribution in [0, 0.1) is 23.2 Å². The number of hydrogen-bond donors (Lipinski definition) is 0. The van der Waals surface area contributed by atoms with Gasteiger partial charge in [0.15, 0.2) is 0 Å². The third-order valence-electron chi connectivity index (χ3n) is 5.31. The van der Waals surface area contributed by atoms with Crippen molar-refractivity contribution >= 4 is 17.2 Å². The molecular formula is C21H18ClN. The van der Waals surface area contributed by atoms with E-state index in [1.165, 1.54) is 22.3 Å². The predicted octanol–water partition coefficient (Wildman–Crippen LogP) is 5.42. The van der Waals surface area contributed by atoms with Crippen LogP contribution in [-0.2, 0) is 0 Å². The molecule has 3 atom stereocenters. The molecule has 2 bridgehead atoms. The third-order valence-corrected chi connectivity index (χ3v) is 5.82. The predicted molar refractivity (Wildman–Crippen MR) is 93.9 cm³/mol. The van der Waals surface area contributed by atoms with Crippen molar-refractivity contribution in [3.63, 3.8) is 0 Å². The molecule has 2 aliphatic carbocycles. The summed E-state index contributed by atoms with van der Waals surface area (Å²) in [5.41, 5.74) is 5.14. The number of halogens is 1. The SMILES string of the molecule is N#CC1(Cl)CC2CCC1C2=C(c1ccccc1)c1ccccc1. The van der Waals surface area contributed by atoms with Crippen LogP contribution in [0.2, 0.25) is 0 Å². The molecule has 1 nitrogen and oxygen atoms in total. The molecule has 2 aromatic carbocycles. The molecule has 0 heterocycles. The van der Waals surface area contributed by atoms with Crippen molar-refractivity contribution in [2.75, 3.05) is 0 Å². The molecule has 0 N–H and O–H groups in total. The Balaban J connectivity index is 1.95. The summed E-state index contributed by atoms with van der Waals surface area (Å²) in [7, 11) is 0. The van der Waals surface area contributed by atoms with Crippen LogP contribution in [0.3, 0.4) is 0 Å². The molecule has 114 valence electrons. The summed E-state index contributed by atoms with van der Waals surface area (Å²) < 4.78 is 0. The van der Waals surface area contributed by atoms with Crippen LogP contribution < -0.4 is 0 Å². The Hall–Kier alpha value is -2.04. The first-order chi connectivity index (χ1) is 11.2. The van der Waals surface area contributed by atoms with Gasteiger partial charge in [-0.15, -0.1) is 11.6 Å². The minimum Gasteiger partial charge on any atom is -0.196 e. The van der Waals surface area contributed by atoms with Crippen LogP contribution in [0.5, 0.6) is 0 Å². The van der Waals surface area contributed by atoms with E-state index < -0.39 is 4.87 Å². The summed E-state index contributed by atoms with van der Waals surface area (Å²) >= 11 is 6.67. The average molecular weight is 320 g/mol. The van der Waals surface area contributed by atoms with Gasteiger partial charge in [0.05, 0.1) is 6.07 Å². The van der Waals surface area contributed by atoms with Crippen molar-refractivity contribution in [3.8, 4) is 6.07 Å². The first kappa shape index (κ1) is 14.5. The maximum Gasteiger partial charge on any atom is 0.138 e. The van der Waals surface area contributed by atoms with Gasteiger partial charge in [0.2, 0.25) is 0 Å². The zero-order valence-electron chi connectivity index (χ0n) is 12.9. The fraction of sp³-hybridized carbons (Fsp3) is 0.286. The molecule has 2 fully saturated rings. The van der Waals surface area contributed by atoms with Gasteiger partial charge in [0.25, 0.3) is 0 Å². The molecule has 0 radical (unpaired) electrons. The largest absolute Gasteiger partial charge is 0.196 e. The monoisotopic (exact) mass is 319 g/mol. The van der Waals surface area contributed by atoms with Crippen molar-refractivity contribution in [1.82, 2.24) is 0 Å². The van der Waals surface area contributed by atoms with Crippen molar-refractivity contribution in [3.05, 3.63) is 77.4 Å². The molecule has 0 spiro atoms. The van der Waals surface area contributed by atoms with Crippen molar-refractivity contribution < 1.29 is 0 Å². The van der Waals surface area contributed by atoms with E-state index in [9.17, 15) is 5.26 Å². The van der Waals surface area contributed by atoms with E-state index in [0.29, 0.717) is 5.92 Å². The molecule has 2 heteroatoms. The Labute approximate surface area is 142 Å². The minimum absolute atomic E-state index is 0.176. The molecule has 23 heavy (non-hydrogen) atoms. The number of nitrogens with zero attached hydrogens (tertiary/aromatic N) is 1. The Bertz CT molecular complexity index is 746. The van der Waals surface area contributed by atoms with Crippen molar-refractivity contribution in [2.24, 2.45) is 11.8 Å². The molecule has 0 amide bonds. The van der Waals surface area contributed by atoms with Crippen LogP contribution in [0.1, 0.15) is 30.4 Å². The van der Waals surface area contributed by atoms with Gasteiger partial charge in [-0.1, -0.05) is 66.2 Å². The summed E-state index contributed by atoms with van der Waals surface area (Å²) in [6.45, 7) is 0. The highest BCUT2D eigenvalue weighted by Crippen LogP contribution is 2.59. The van der Waals surface area contributed by atoms with Gasteiger partial charge in [0.1, 0.15) is 4.87 Å². The molecule has 2 saturated carbocycles. The fourth-order valence-electron chi connectivity index (χ4n) is 4.36. The van der Waals surface area contributed by atoms with Crippen LogP contribution in [0.25, 0.3) is 5.57 Å². The van der Waals surface area contributed by atoms with E-state index in [-0.39, 0.29) is 5.92 Å². The lowest BCUT2D eigenvalue weighted by Crippen LogP contribution is -2.26. The average Bonchev–Trinajstić information content (AvgIpc) is 3.12. The van der Waals surface area contributed by atoms with Crippen molar-refractivity contribution in [2.45, 2.75) is 24.1 Å². The molecule has 0 saturated heterocycles. The molecule has 0 aromatic heterocycles. The quantitative estimate of drug-likeness (QED) is 0.678. The molecule has 0 aliphatic heterocycles. The van der Waals surface area contributed by atoms with E-state index in [0.717, 1.165) is 19.3 Å². The lowest BCUT2D eigenvalue weighted by molar-refractivity contribution is 0.430. The summed E-state index contributed by atoms with van der Waals surface area (Å²) in [5, 5.41) is 9.58. The zero-order chi connectivity index (χ0) is 15.9. The van der Waals surface area contributed by atoms with E-state index >= 15 is 0 Å². The smallest absolute Gasteiger partial charge is 0.138 e. The number of nitriles is 1. The van der Waals surface area contributed by atoms with Gasteiger partial charge < -0.3 is 0 Å². The number of allylic oxidation sites excluding steroid dienone is 1. The van der Waals surface area contributed by atoms with E-state index in [4.69, 9.17) is 11.6 Å². The van der Waals surface area contributed by atoms with E-state index in [1.807, 2.05) is 12.1 Å². The van der Waals surface area contributed by atoms with Gasteiger partial charge in [-0.25, -0.2) is 0 Å². The molecular weight excluding hydrogens is 302 g/mol. The zero-order valence-corrected chi connectivity index (χ0v) is 13.6.